The van der Waals surface area contributed by atoms with E-state index in [0.29, 0.717) is 6.04 Å². The van der Waals surface area contributed by atoms with E-state index in [1.165, 1.54) is 32.1 Å². The number of aryl methyl sites for hydroxylation is 2. The van der Waals surface area contributed by atoms with Crippen molar-refractivity contribution in [2.45, 2.75) is 71.9 Å². The van der Waals surface area contributed by atoms with Gasteiger partial charge >= 0.3 is 0 Å². The zero-order valence-electron chi connectivity index (χ0n) is 12.8. The molecule has 110 valence electrons. The van der Waals surface area contributed by atoms with Crippen LogP contribution in [0.3, 0.4) is 0 Å². The quantitative estimate of drug-likeness (QED) is 0.693. The molecule has 1 unspecified atom stereocenters. The molecule has 1 aromatic rings. The minimum Gasteiger partial charge on any atom is -0.309 e. The fourth-order valence-corrected chi connectivity index (χ4v) is 2.62. The maximum atomic E-state index is 6.34. The van der Waals surface area contributed by atoms with Crippen LogP contribution in [-0.2, 0) is 20.0 Å². The lowest BCUT2D eigenvalue weighted by Crippen LogP contribution is -2.26. The fraction of sp³-hybridized carbons (Fsp3) is 0.800. The maximum Gasteiger partial charge on any atom is 0.0863 e. The van der Waals surface area contributed by atoms with E-state index in [9.17, 15) is 0 Å². The number of aromatic nitrogens is 2. The van der Waals surface area contributed by atoms with Crippen molar-refractivity contribution in [1.29, 1.82) is 0 Å². The van der Waals surface area contributed by atoms with Crippen molar-refractivity contribution in [3.05, 3.63) is 16.4 Å². The fourth-order valence-electron chi connectivity index (χ4n) is 2.26. The summed E-state index contributed by atoms with van der Waals surface area (Å²) in [5, 5.41) is 8.82. The Morgan fingerprint density at radius 2 is 2.00 bits per heavy atom. The number of nitrogens with zero attached hydrogens (tertiary/aromatic N) is 2. The molecule has 1 heterocycles. The normalized spacial score (nSPS) is 12.9. The lowest BCUT2D eigenvalue weighted by Gasteiger charge is -2.14. The summed E-state index contributed by atoms with van der Waals surface area (Å²) in [6.45, 7) is 7.38. The van der Waals surface area contributed by atoms with Gasteiger partial charge in [-0.15, -0.1) is 0 Å². The summed E-state index contributed by atoms with van der Waals surface area (Å²) in [4.78, 5) is 0. The summed E-state index contributed by atoms with van der Waals surface area (Å²) in [6.07, 6.45) is 7.41. The van der Waals surface area contributed by atoms with Gasteiger partial charge < -0.3 is 5.32 Å². The second kappa shape index (κ2) is 8.60. The molecule has 3 nitrogen and oxygen atoms in total. The standard InChI is InChI=1S/C15H28ClN3/c1-5-7-8-9-10-12(3)17-11-14-15(16)13(6-2)18-19(14)4/h12,17H,5-11H2,1-4H3. The zero-order valence-corrected chi connectivity index (χ0v) is 13.6. The van der Waals surface area contributed by atoms with Crippen LogP contribution in [0.15, 0.2) is 0 Å². The first-order valence-electron chi connectivity index (χ1n) is 7.53. The van der Waals surface area contributed by atoms with E-state index in [1.807, 2.05) is 11.7 Å². The lowest BCUT2D eigenvalue weighted by atomic mass is 10.1. The van der Waals surface area contributed by atoms with E-state index >= 15 is 0 Å². The van der Waals surface area contributed by atoms with Crippen LogP contribution < -0.4 is 5.32 Å². The highest BCUT2D eigenvalue weighted by atomic mass is 35.5. The molecule has 0 aliphatic heterocycles. The van der Waals surface area contributed by atoms with Crippen LogP contribution in [0.2, 0.25) is 5.02 Å². The monoisotopic (exact) mass is 285 g/mol. The Hall–Kier alpha value is -0.540. The van der Waals surface area contributed by atoms with Gasteiger partial charge in [0.05, 0.1) is 16.4 Å². The topological polar surface area (TPSA) is 29.9 Å². The van der Waals surface area contributed by atoms with Crippen molar-refractivity contribution in [3.8, 4) is 0 Å². The van der Waals surface area contributed by atoms with Gasteiger partial charge in [-0.3, -0.25) is 4.68 Å². The van der Waals surface area contributed by atoms with Gasteiger partial charge in [0, 0.05) is 19.6 Å². The molecule has 0 aliphatic rings. The largest absolute Gasteiger partial charge is 0.309 e. The molecule has 0 aromatic carbocycles. The van der Waals surface area contributed by atoms with E-state index in [1.54, 1.807) is 0 Å². The summed E-state index contributed by atoms with van der Waals surface area (Å²) in [5.74, 6) is 0. The number of halogens is 1. The molecule has 1 aromatic heterocycles. The van der Waals surface area contributed by atoms with Crippen LogP contribution in [0.4, 0.5) is 0 Å². The molecule has 19 heavy (non-hydrogen) atoms. The Morgan fingerprint density at radius 3 is 2.58 bits per heavy atom. The van der Waals surface area contributed by atoms with E-state index < -0.39 is 0 Å². The van der Waals surface area contributed by atoms with Crippen molar-refractivity contribution in [2.24, 2.45) is 7.05 Å². The van der Waals surface area contributed by atoms with E-state index in [0.717, 1.165) is 29.4 Å². The summed E-state index contributed by atoms with van der Waals surface area (Å²) in [5.41, 5.74) is 2.09. The molecule has 0 saturated heterocycles. The van der Waals surface area contributed by atoms with Crippen molar-refractivity contribution >= 4 is 11.6 Å². The van der Waals surface area contributed by atoms with Gasteiger partial charge in [0.15, 0.2) is 0 Å². The van der Waals surface area contributed by atoms with Crippen molar-refractivity contribution in [3.63, 3.8) is 0 Å². The average Bonchev–Trinajstić information content (AvgIpc) is 2.67. The first-order valence-corrected chi connectivity index (χ1v) is 7.91. The summed E-state index contributed by atoms with van der Waals surface area (Å²) >= 11 is 6.34. The molecular formula is C15H28ClN3. The Labute approximate surface area is 122 Å². The highest BCUT2D eigenvalue weighted by Crippen LogP contribution is 2.20. The third-order valence-electron chi connectivity index (χ3n) is 3.61. The molecule has 4 heteroatoms. The Kier molecular flexibility index (Phi) is 7.47. The van der Waals surface area contributed by atoms with Crippen LogP contribution in [0.25, 0.3) is 0 Å². The van der Waals surface area contributed by atoms with Gasteiger partial charge in [-0.1, -0.05) is 51.1 Å². The second-order valence-electron chi connectivity index (χ2n) is 5.32. The van der Waals surface area contributed by atoms with Gasteiger partial charge in [-0.2, -0.15) is 5.10 Å². The van der Waals surface area contributed by atoms with Gasteiger partial charge in [-0.25, -0.2) is 0 Å². The number of hydrogen-bond acceptors (Lipinski definition) is 2. The maximum absolute atomic E-state index is 6.34. The summed E-state index contributed by atoms with van der Waals surface area (Å²) < 4.78 is 1.90. The summed E-state index contributed by atoms with van der Waals surface area (Å²) in [7, 11) is 1.97. The van der Waals surface area contributed by atoms with Gasteiger partial charge in [0.1, 0.15) is 0 Å². The third-order valence-corrected chi connectivity index (χ3v) is 4.05. The molecular weight excluding hydrogens is 258 g/mol. The zero-order chi connectivity index (χ0) is 14.3. The first kappa shape index (κ1) is 16.5. The highest BCUT2D eigenvalue weighted by molar-refractivity contribution is 6.31. The molecule has 0 spiro atoms. The smallest absolute Gasteiger partial charge is 0.0863 e. The summed E-state index contributed by atoms with van der Waals surface area (Å²) in [6, 6.07) is 0.535. The van der Waals surface area contributed by atoms with Crippen molar-refractivity contribution < 1.29 is 0 Å². The molecule has 0 fully saturated rings. The van der Waals surface area contributed by atoms with Gasteiger partial charge in [0.25, 0.3) is 0 Å². The SMILES string of the molecule is CCCCCCC(C)NCc1c(Cl)c(CC)nn1C. The molecule has 1 atom stereocenters. The molecule has 0 radical (unpaired) electrons. The van der Waals surface area contributed by atoms with Crippen LogP contribution in [-0.4, -0.2) is 15.8 Å². The number of unbranched alkanes of at least 4 members (excludes halogenated alkanes) is 3. The van der Waals surface area contributed by atoms with Crippen LogP contribution in [0.5, 0.6) is 0 Å². The Balaban J connectivity index is 2.37. The molecule has 0 amide bonds. The molecule has 0 saturated carbocycles. The van der Waals surface area contributed by atoms with Crippen LogP contribution in [0.1, 0.15) is 64.3 Å². The average molecular weight is 286 g/mol. The Bertz CT molecular complexity index is 374. The molecule has 0 bridgehead atoms. The third kappa shape index (κ3) is 5.15. The predicted octanol–water partition coefficient (Wildman–Crippen LogP) is 4.08. The van der Waals surface area contributed by atoms with Crippen LogP contribution in [0, 0.1) is 0 Å². The van der Waals surface area contributed by atoms with E-state index in [4.69, 9.17) is 11.6 Å². The molecule has 0 aliphatic carbocycles. The number of nitrogens with one attached hydrogen (secondary N) is 1. The molecule has 1 N–H and O–H groups in total. The van der Waals surface area contributed by atoms with E-state index in [-0.39, 0.29) is 0 Å². The minimum absolute atomic E-state index is 0.535. The molecule has 1 rings (SSSR count). The predicted molar refractivity (Wildman–Crippen MR) is 82.7 cm³/mol. The Morgan fingerprint density at radius 1 is 1.26 bits per heavy atom. The number of rotatable bonds is 9. The second-order valence-corrected chi connectivity index (χ2v) is 5.69. The van der Waals surface area contributed by atoms with E-state index in [2.05, 4.69) is 31.2 Å². The minimum atomic E-state index is 0.535. The van der Waals surface area contributed by atoms with Crippen molar-refractivity contribution in [1.82, 2.24) is 15.1 Å². The highest BCUT2D eigenvalue weighted by Gasteiger charge is 2.13. The van der Waals surface area contributed by atoms with Crippen LogP contribution >= 0.6 is 11.6 Å². The number of hydrogen-bond donors (Lipinski definition) is 1. The van der Waals surface area contributed by atoms with Gasteiger partial charge in [-0.05, 0) is 19.8 Å². The first-order chi connectivity index (χ1) is 9.10. The van der Waals surface area contributed by atoms with Gasteiger partial charge in [0.2, 0.25) is 0 Å². The lowest BCUT2D eigenvalue weighted by molar-refractivity contribution is 0.473. The van der Waals surface area contributed by atoms with Crippen molar-refractivity contribution in [2.75, 3.05) is 0 Å².